The molecule has 2 N–H and O–H groups in total. The lowest BCUT2D eigenvalue weighted by molar-refractivity contribution is -0.127. The van der Waals surface area contributed by atoms with Gasteiger partial charge in [-0.25, -0.2) is 4.98 Å². The fourth-order valence-corrected chi connectivity index (χ4v) is 1.72. The fraction of sp³-hybridized carbons (Fsp3) is 0.571. The lowest BCUT2D eigenvalue weighted by Crippen LogP contribution is -2.11. The number of thiazole rings is 1. The number of rotatable bonds is 3. The number of nitrogens with zero attached hydrogens (tertiary/aromatic N) is 1. The van der Waals surface area contributed by atoms with Crippen LogP contribution >= 0.6 is 11.3 Å². The van der Waals surface area contributed by atoms with E-state index in [4.69, 9.17) is 5.73 Å². The molecule has 1 aromatic heterocycles. The second-order valence-electron chi connectivity index (χ2n) is 2.56. The van der Waals surface area contributed by atoms with Crippen molar-refractivity contribution >= 4 is 11.3 Å². The molecule has 0 bridgehead atoms. The molecule has 0 radical (unpaired) electrons. The number of hydrogen-bond donors (Lipinski definition) is 1. The summed E-state index contributed by atoms with van der Waals surface area (Å²) < 4.78 is 35.6. The van der Waals surface area contributed by atoms with Crippen LogP contribution in [0.1, 0.15) is 10.7 Å². The monoisotopic (exact) mass is 210 g/mol. The van der Waals surface area contributed by atoms with Gasteiger partial charge in [-0.2, -0.15) is 13.2 Å². The maximum atomic E-state index is 11.9. The van der Waals surface area contributed by atoms with Crippen LogP contribution in [0.3, 0.4) is 0 Å². The summed E-state index contributed by atoms with van der Waals surface area (Å²) in [6.45, 7) is 0.412. The molecule has 0 atom stereocenters. The van der Waals surface area contributed by atoms with E-state index in [1.807, 2.05) is 0 Å². The van der Waals surface area contributed by atoms with E-state index < -0.39 is 12.6 Å². The smallest absolute Gasteiger partial charge is 0.330 e. The quantitative estimate of drug-likeness (QED) is 0.825. The molecule has 74 valence electrons. The Morgan fingerprint density at radius 2 is 2.15 bits per heavy atom. The summed E-state index contributed by atoms with van der Waals surface area (Å²) in [6, 6.07) is 0. The standard InChI is InChI=1S/C7H9F3N2S/c8-7(9,10)3-6-12-5(1-2-11)4-13-6/h4H,1-3,11H2. The Labute approximate surface area is 77.6 Å². The lowest BCUT2D eigenvalue weighted by atomic mass is 10.3. The molecule has 13 heavy (non-hydrogen) atoms. The zero-order valence-corrected chi connectivity index (χ0v) is 7.58. The van der Waals surface area contributed by atoms with Crippen LogP contribution in [0.25, 0.3) is 0 Å². The van der Waals surface area contributed by atoms with Crippen molar-refractivity contribution in [3.8, 4) is 0 Å². The molecule has 1 heterocycles. The molecule has 0 fully saturated rings. The third-order valence-electron chi connectivity index (χ3n) is 1.35. The number of hydrogen-bond acceptors (Lipinski definition) is 3. The van der Waals surface area contributed by atoms with Crippen LogP contribution in [0.5, 0.6) is 0 Å². The minimum absolute atomic E-state index is 0.107. The van der Waals surface area contributed by atoms with Crippen LogP contribution < -0.4 is 5.73 Å². The molecule has 1 rings (SSSR count). The first kappa shape index (κ1) is 10.5. The second-order valence-corrected chi connectivity index (χ2v) is 3.51. The van der Waals surface area contributed by atoms with Crippen molar-refractivity contribution in [1.82, 2.24) is 4.98 Å². The Hall–Kier alpha value is -0.620. The van der Waals surface area contributed by atoms with Crippen molar-refractivity contribution in [2.45, 2.75) is 19.0 Å². The molecule has 0 unspecified atom stereocenters. The highest BCUT2D eigenvalue weighted by molar-refractivity contribution is 7.09. The first-order valence-electron chi connectivity index (χ1n) is 3.71. The van der Waals surface area contributed by atoms with Crippen molar-refractivity contribution in [2.24, 2.45) is 5.73 Å². The molecule has 0 aliphatic rings. The van der Waals surface area contributed by atoms with Crippen molar-refractivity contribution in [2.75, 3.05) is 6.54 Å². The Balaban J connectivity index is 2.59. The molecule has 0 spiro atoms. The first-order chi connectivity index (χ1) is 6.01. The van der Waals surface area contributed by atoms with E-state index in [2.05, 4.69) is 4.98 Å². The van der Waals surface area contributed by atoms with Gasteiger partial charge in [-0.15, -0.1) is 11.3 Å². The van der Waals surface area contributed by atoms with Crippen LogP contribution in [0.4, 0.5) is 13.2 Å². The molecule has 0 aliphatic carbocycles. The molecule has 0 amide bonds. The summed E-state index contributed by atoms with van der Waals surface area (Å²) in [4.78, 5) is 3.80. The van der Waals surface area contributed by atoms with E-state index in [9.17, 15) is 13.2 Å². The van der Waals surface area contributed by atoms with Crippen molar-refractivity contribution in [3.05, 3.63) is 16.1 Å². The summed E-state index contributed by atoms with van der Waals surface area (Å²) in [5.41, 5.74) is 5.88. The van der Waals surface area contributed by atoms with E-state index in [0.717, 1.165) is 11.3 Å². The average molecular weight is 210 g/mol. The highest BCUT2D eigenvalue weighted by Gasteiger charge is 2.29. The van der Waals surface area contributed by atoms with E-state index in [-0.39, 0.29) is 5.01 Å². The number of aromatic nitrogens is 1. The Kier molecular flexibility index (Phi) is 3.27. The maximum absolute atomic E-state index is 11.9. The van der Waals surface area contributed by atoms with Crippen LogP contribution in [0.2, 0.25) is 0 Å². The van der Waals surface area contributed by atoms with Gasteiger partial charge in [0.15, 0.2) is 0 Å². The topological polar surface area (TPSA) is 38.9 Å². The molecule has 0 aliphatic heterocycles. The van der Waals surface area contributed by atoms with Gasteiger partial charge in [0.1, 0.15) is 5.01 Å². The maximum Gasteiger partial charge on any atom is 0.395 e. The lowest BCUT2D eigenvalue weighted by Gasteiger charge is -2.01. The number of nitrogens with two attached hydrogens (primary N) is 1. The molecule has 0 aromatic carbocycles. The van der Waals surface area contributed by atoms with Gasteiger partial charge in [-0.05, 0) is 6.54 Å². The van der Waals surface area contributed by atoms with Crippen LogP contribution in [0, 0.1) is 0 Å². The summed E-state index contributed by atoms with van der Waals surface area (Å²) in [5, 5.41) is 1.73. The van der Waals surface area contributed by atoms with Gasteiger partial charge in [0, 0.05) is 11.8 Å². The van der Waals surface area contributed by atoms with Gasteiger partial charge in [-0.1, -0.05) is 0 Å². The summed E-state index contributed by atoms with van der Waals surface area (Å²) in [5.74, 6) is 0. The van der Waals surface area contributed by atoms with Crippen molar-refractivity contribution in [1.29, 1.82) is 0 Å². The summed E-state index contributed by atoms with van der Waals surface area (Å²) >= 11 is 1.03. The fourth-order valence-electron chi connectivity index (χ4n) is 0.864. The summed E-state index contributed by atoms with van der Waals surface area (Å²) in [7, 11) is 0. The molecular formula is C7H9F3N2S. The Bertz CT molecular complexity index is 269. The second kappa shape index (κ2) is 4.06. The van der Waals surface area contributed by atoms with E-state index in [1.165, 1.54) is 0 Å². The molecule has 0 saturated carbocycles. The summed E-state index contributed by atoms with van der Waals surface area (Å²) in [6.07, 6.45) is -4.57. The van der Waals surface area contributed by atoms with Gasteiger partial charge in [0.25, 0.3) is 0 Å². The average Bonchev–Trinajstić information content (AvgIpc) is 2.33. The molecule has 2 nitrogen and oxygen atoms in total. The number of halogens is 3. The minimum Gasteiger partial charge on any atom is -0.330 e. The SMILES string of the molecule is NCCc1csc(CC(F)(F)F)n1. The predicted molar refractivity (Wildman–Crippen MR) is 44.6 cm³/mol. The third kappa shape index (κ3) is 3.73. The van der Waals surface area contributed by atoms with E-state index in [0.29, 0.717) is 18.7 Å². The molecular weight excluding hydrogens is 201 g/mol. The highest BCUT2D eigenvalue weighted by atomic mass is 32.1. The Morgan fingerprint density at radius 3 is 2.69 bits per heavy atom. The van der Waals surface area contributed by atoms with Crippen LogP contribution in [-0.2, 0) is 12.8 Å². The highest BCUT2D eigenvalue weighted by Crippen LogP contribution is 2.23. The van der Waals surface area contributed by atoms with Gasteiger partial charge in [-0.3, -0.25) is 0 Å². The van der Waals surface area contributed by atoms with Crippen LogP contribution in [-0.4, -0.2) is 17.7 Å². The van der Waals surface area contributed by atoms with Gasteiger partial charge < -0.3 is 5.73 Å². The third-order valence-corrected chi connectivity index (χ3v) is 2.25. The van der Waals surface area contributed by atoms with E-state index in [1.54, 1.807) is 5.38 Å². The Morgan fingerprint density at radius 1 is 1.46 bits per heavy atom. The largest absolute Gasteiger partial charge is 0.395 e. The minimum atomic E-state index is -4.17. The van der Waals surface area contributed by atoms with E-state index >= 15 is 0 Å². The van der Waals surface area contributed by atoms with Crippen molar-refractivity contribution < 1.29 is 13.2 Å². The van der Waals surface area contributed by atoms with Gasteiger partial charge in [0.05, 0.1) is 12.1 Å². The molecule has 6 heteroatoms. The van der Waals surface area contributed by atoms with Gasteiger partial charge >= 0.3 is 6.18 Å². The molecule has 0 saturated heterocycles. The van der Waals surface area contributed by atoms with Gasteiger partial charge in [0.2, 0.25) is 0 Å². The first-order valence-corrected chi connectivity index (χ1v) is 4.59. The number of alkyl halides is 3. The van der Waals surface area contributed by atoms with Crippen molar-refractivity contribution in [3.63, 3.8) is 0 Å². The zero-order valence-electron chi connectivity index (χ0n) is 6.77. The predicted octanol–water partition coefficient (Wildman–Crippen LogP) is 1.75. The normalized spacial score (nSPS) is 12.0. The zero-order chi connectivity index (χ0) is 9.90. The molecule has 1 aromatic rings. The van der Waals surface area contributed by atoms with Crippen LogP contribution in [0.15, 0.2) is 5.38 Å².